The molecular weight excluding hydrogens is 406 g/mol. The number of nitrogens with one attached hydrogen (secondary N) is 2. The lowest BCUT2D eigenvalue weighted by Crippen LogP contribution is -2.44. The first-order chi connectivity index (χ1) is 15.5. The SMILES string of the molecule is C=CCC(CC)C(=O)NC(CCOC1CC(CCc2ccc3c(n2)NCCC3)C1)C(=O)O. The highest BCUT2D eigenvalue weighted by molar-refractivity contribution is 5.85. The third-order valence-electron chi connectivity index (χ3n) is 6.64. The van der Waals surface area contributed by atoms with Gasteiger partial charge in [0.05, 0.1) is 6.10 Å². The molecule has 2 atom stereocenters. The number of pyridine rings is 1. The number of amides is 1. The van der Waals surface area contributed by atoms with Gasteiger partial charge in [0.25, 0.3) is 0 Å². The number of carboxylic acid groups (broad SMARTS) is 1. The van der Waals surface area contributed by atoms with E-state index in [1.54, 1.807) is 6.08 Å². The highest BCUT2D eigenvalue weighted by atomic mass is 16.5. The van der Waals surface area contributed by atoms with E-state index in [0.717, 1.165) is 50.2 Å². The number of aliphatic carboxylic acids is 1. The molecule has 7 heteroatoms. The molecule has 1 fully saturated rings. The van der Waals surface area contributed by atoms with Crippen LogP contribution in [0.3, 0.4) is 0 Å². The number of carbonyl (C=O) groups excluding carboxylic acids is 1. The van der Waals surface area contributed by atoms with Gasteiger partial charge in [-0.25, -0.2) is 9.78 Å². The number of anilines is 1. The van der Waals surface area contributed by atoms with Crippen molar-refractivity contribution < 1.29 is 19.4 Å². The fourth-order valence-electron chi connectivity index (χ4n) is 4.47. The second kappa shape index (κ2) is 12.0. The van der Waals surface area contributed by atoms with Gasteiger partial charge in [0.2, 0.25) is 5.91 Å². The summed E-state index contributed by atoms with van der Waals surface area (Å²) < 4.78 is 5.87. The van der Waals surface area contributed by atoms with Crippen molar-refractivity contribution in [3.05, 3.63) is 36.0 Å². The van der Waals surface area contributed by atoms with Crippen LogP contribution in [0.25, 0.3) is 0 Å². The van der Waals surface area contributed by atoms with Crippen molar-refractivity contribution in [2.45, 2.75) is 76.9 Å². The molecular formula is C25H37N3O4. The van der Waals surface area contributed by atoms with E-state index in [1.807, 2.05) is 6.92 Å². The maximum Gasteiger partial charge on any atom is 0.326 e. The highest BCUT2D eigenvalue weighted by Crippen LogP contribution is 2.34. The van der Waals surface area contributed by atoms with Gasteiger partial charge in [0.1, 0.15) is 11.9 Å². The van der Waals surface area contributed by atoms with Crippen LogP contribution in [-0.4, -0.2) is 47.3 Å². The normalized spacial score (nSPS) is 21.4. The summed E-state index contributed by atoms with van der Waals surface area (Å²) in [6.45, 7) is 6.92. The Labute approximate surface area is 191 Å². The Bertz CT molecular complexity index is 791. The zero-order valence-electron chi connectivity index (χ0n) is 19.1. The van der Waals surface area contributed by atoms with Gasteiger partial charge in [-0.15, -0.1) is 6.58 Å². The molecule has 32 heavy (non-hydrogen) atoms. The summed E-state index contributed by atoms with van der Waals surface area (Å²) in [5.41, 5.74) is 2.46. The number of allylic oxidation sites excluding steroid dienone is 1. The third-order valence-corrected chi connectivity index (χ3v) is 6.64. The Morgan fingerprint density at radius 1 is 1.41 bits per heavy atom. The summed E-state index contributed by atoms with van der Waals surface area (Å²) in [6, 6.07) is 3.44. The molecule has 2 aliphatic rings. The van der Waals surface area contributed by atoms with Crippen LogP contribution in [0.2, 0.25) is 0 Å². The molecule has 0 bridgehead atoms. The number of carboxylic acids is 1. The molecule has 1 amide bonds. The minimum Gasteiger partial charge on any atom is -0.480 e. The van der Waals surface area contributed by atoms with Crippen molar-refractivity contribution in [2.24, 2.45) is 11.8 Å². The zero-order valence-corrected chi connectivity index (χ0v) is 19.1. The molecule has 0 saturated heterocycles. The molecule has 0 radical (unpaired) electrons. The molecule has 2 heterocycles. The van der Waals surface area contributed by atoms with Crippen LogP contribution < -0.4 is 10.6 Å². The molecule has 2 unspecified atom stereocenters. The van der Waals surface area contributed by atoms with Gasteiger partial charge in [0.15, 0.2) is 0 Å². The van der Waals surface area contributed by atoms with Gasteiger partial charge in [-0.2, -0.15) is 0 Å². The van der Waals surface area contributed by atoms with Crippen LogP contribution in [0.15, 0.2) is 24.8 Å². The first-order valence-electron chi connectivity index (χ1n) is 12.0. The highest BCUT2D eigenvalue weighted by Gasteiger charge is 2.30. The van der Waals surface area contributed by atoms with E-state index in [-0.39, 0.29) is 24.3 Å². The Morgan fingerprint density at radius 2 is 2.22 bits per heavy atom. The number of hydrogen-bond donors (Lipinski definition) is 3. The molecule has 3 rings (SSSR count). The Balaban J connectivity index is 1.33. The number of ether oxygens (including phenoxy) is 1. The summed E-state index contributed by atoms with van der Waals surface area (Å²) in [5, 5.41) is 15.5. The van der Waals surface area contributed by atoms with Gasteiger partial charge >= 0.3 is 5.97 Å². The van der Waals surface area contributed by atoms with Crippen LogP contribution >= 0.6 is 0 Å². The number of fused-ring (bicyclic) bond motifs is 1. The van der Waals surface area contributed by atoms with Crippen molar-refractivity contribution in [3.63, 3.8) is 0 Å². The predicted octanol–water partition coefficient (Wildman–Crippen LogP) is 3.73. The maximum atomic E-state index is 12.3. The Kier molecular flexibility index (Phi) is 9.09. The summed E-state index contributed by atoms with van der Waals surface area (Å²) >= 11 is 0. The van der Waals surface area contributed by atoms with Crippen LogP contribution in [-0.2, 0) is 27.2 Å². The van der Waals surface area contributed by atoms with E-state index in [9.17, 15) is 14.7 Å². The van der Waals surface area contributed by atoms with Gasteiger partial charge in [0, 0.05) is 31.2 Å². The van der Waals surface area contributed by atoms with Crippen LogP contribution in [0.4, 0.5) is 5.82 Å². The van der Waals surface area contributed by atoms with E-state index in [4.69, 9.17) is 9.72 Å². The summed E-state index contributed by atoms with van der Waals surface area (Å²) in [6.07, 6.45) is 9.72. The van der Waals surface area contributed by atoms with Crippen molar-refractivity contribution in [1.82, 2.24) is 10.3 Å². The summed E-state index contributed by atoms with van der Waals surface area (Å²) in [5.74, 6) is 0.204. The first-order valence-corrected chi connectivity index (χ1v) is 12.0. The number of hydrogen-bond acceptors (Lipinski definition) is 5. The van der Waals surface area contributed by atoms with Gasteiger partial charge in [-0.05, 0) is 68.9 Å². The van der Waals surface area contributed by atoms with Crippen LogP contribution in [0, 0.1) is 11.8 Å². The van der Waals surface area contributed by atoms with Crippen LogP contribution in [0.5, 0.6) is 0 Å². The molecule has 7 nitrogen and oxygen atoms in total. The Hall–Kier alpha value is -2.41. The van der Waals surface area contributed by atoms with E-state index in [0.29, 0.717) is 25.4 Å². The molecule has 1 aliphatic carbocycles. The van der Waals surface area contributed by atoms with Crippen molar-refractivity contribution in [2.75, 3.05) is 18.5 Å². The molecule has 1 aliphatic heterocycles. The van der Waals surface area contributed by atoms with Crippen molar-refractivity contribution in [1.29, 1.82) is 0 Å². The molecule has 1 aromatic heterocycles. The smallest absolute Gasteiger partial charge is 0.326 e. The molecule has 176 valence electrons. The van der Waals surface area contributed by atoms with E-state index >= 15 is 0 Å². The summed E-state index contributed by atoms with van der Waals surface area (Å²) in [4.78, 5) is 28.6. The largest absolute Gasteiger partial charge is 0.480 e. The molecule has 1 saturated carbocycles. The minimum absolute atomic E-state index is 0.187. The zero-order chi connectivity index (χ0) is 22.9. The van der Waals surface area contributed by atoms with Gasteiger partial charge in [-0.1, -0.05) is 19.1 Å². The standard InChI is InChI=1S/C25H37N3O4/c1-3-6-18(4-2)24(29)28-22(25(30)31)12-14-32-21-15-17(16-21)8-10-20-11-9-19-7-5-13-26-23(19)27-20/h3,9,11,17-18,21-22H,1,4-8,10,12-16H2,2H3,(H,26,27)(H,28,29)(H,30,31). The molecule has 1 aromatic rings. The van der Waals surface area contributed by atoms with Crippen LogP contribution in [0.1, 0.15) is 63.1 Å². The average molecular weight is 444 g/mol. The van der Waals surface area contributed by atoms with E-state index in [1.165, 1.54) is 12.0 Å². The lowest BCUT2D eigenvalue weighted by molar-refractivity contribution is -0.143. The van der Waals surface area contributed by atoms with Gasteiger partial charge < -0.3 is 20.5 Å². The molecule has 0 aromatic carbocycles. The second-order valence-corrected chi connectivity index (χ2v) is 9.03. The monoisotopic (exact) mass is 443 g/mol. The number of nitrogens with zero attached hydrogens (tertiary/aromatic N) is 1. The third kappa shape index (κ3) is 6.79. The quantitative estimate of drug-likeness (QED) is 0.402. The van der Waals surface area contributed by atoms with Crippen molar-refractivity contribution in [3.8, 4) is 0 Å². The lowest BCUT2D eigenvalue weighted by atomic mass is 9.79. The predicted molar refractivity (Wildman–Crippen MR) is 125 cm³/mol. The van der Waals surface area contributed by atoms with E-state index in [2.05, 4.69) is 29.3 Å². The lowest BCUT2D eigenvalue weighted by Gasteiger charge is -2.35. The fraction of sp³-hybridized carbons (Fsp3) is 0.640. The minimum atomic E-state index is -1.02. The van der Waals surface area contributed by atoms with Gasteiger partial charge in [-0.3, -0.25) is 4.79 Å². The average Bonchev–Trinajstić information content (AvgIpc) is 2.77. The number of aryl methyl sites for hydroxylation is 2. The number of carbonyl (C=O) groups is 2. The maximum absolute atomic E-state index is 12.3. The number of rotatable bonds is 13. The van der Waals surface area contributed by atoms with E-state index < -0.39 is 12.0 Å². The van der Waals surface area contributed by atoms with Crippen molar-refractivity contribution >= 4 is 17.7 Å². The molecule has 0 spiro atoms. The fourth-order valence-corrected chi connectivity index (χ4v) is 4.47. The topological polar surface area (TPSA) is 101 Å². The molecule has 3 N–H and O–H groups in total. The first kappa shape index (κ1) is 24.2. The summed E-state index contributed by atoms with van der Waals surface area (Å²) in [7, 11) is 0. The Morgan fingerprint density at radius 3 is 2.94 bits per heavy atom. The second-order valence-electron chi connectivity index (χ2n) is 9.03. The number of aromatic nitrogens is 1.